The fourth-order valence-corrected chi connectivity index (χ4v) is 2.44. The van der Waals surface area contributed by atoms with Crippen molar-refractivity contribution in [3.05, 3.63) is 0 Å². The Morgan fingerprint density at radius 1 is 1.30 bits per heavy atom. The molecule has 0 radical (unpaired) electrons. The summed E-state index contributed by atoms with van der Waals surface area (Å²) in [4.78, 5) is 33.5. The number of hydrogen-bond acceptors (Lipinski definition) is 3. The van der Waals surface area contributed by atoms with Crippen LogP contribution in [0.1, 0.15) is 45.4 Å². The molecule has 0 heterocycles. The van der Waals surface area contributed by atoms with E-state index in [1.807, 2.05) is 0 Å². The highest BCUT2D eigenvalue weighted by molar-refractivity contribution is 5.83. The molecular formula is C13H23N3O4. The van der Waals surface area contributed by atoms with E-state index in [-0.39, 0.29) is 18.9 Å². The number of hydrogen-bond donors (Lipinski definition) is 4. The van der Waals surface area contributed by atoms with Crippen LogP contribution in [0, 0.1) is 5.92 Å². The molecule has 114 valence electrons. The first-order chi connectivity index (χ1) is 9.40. The van der Waals surface area contributed by atoms with Gasteiger partial charge in [0.05, 0.1) is 0 Å². The first-order valence-corrected chi connectivity index (χ1v) is 6.98. The monoisotopic (exact) mass is 285 g/mol. The van der Waals surface area contributed by atoms with Gasteiger partial charge in [0.15, 0.2) is 0 Å². The lowest BCUT2D eigenvalue weighted by Gasteiger charge is -2.30. The number of amides is 3. The van der Waals surface area contributed by atoms with Crippen LogP contribution in [-0.4, -0.2) is 35.1 Å². The summed E-state index contributed by atoms with van der Waals surface area (Å²) in [7, 11) is 0. The second-order valence-electron chi connectivity index (χ2n) is 5.38. The topological polar surface area (TPSA) is 122 Å². The maximum Gasteiger partial charge on any atom is 0.326 e. The summed E-state index contributed by atoms with van der Waals surface area (Å²) in [6, 6.07) is -1.52. The van der Waals surface area contributed by atoms with Crippen molar-refractivity contribution in [2.45, 2.75) is 57.5 Å². The van der Waals surface area contributed by atoms with Gasteiger partial charge in [-0.05, 0) is 25.2 Å². The van der Waals surface area contributed by atoms with Crippen molar-refractivity contribution in [2.24, 2.45) is 11.7 Å². The van der Waals surface area contributed by atoms with Crippen molar-refractivity contribution in [1.29, 1.82) is 0 Å². The molecule has 3 atom stereocenters. The van der Waals surface area contributed by atoms with E-state index in [0.29, 0.717) is 5.92 Å². The van der Waals surface area contributed by atoms with E-state index in [1.165, 1.54) is 0 Å². The molecule has 0 spiro atoms. The van der Waals surface area contributed by atoms with E-state index in [4.69, 9.17) is 10.8 Å². The Kier molecular flexibility index (Phi) is 6.27. The van der Waals surface area contributed by atoms with Crippen molar-refractivity contribution >= 4 is 17.9 Å². The van der Waals surface area contributed by atoms with Crippen molar-refractivity contribution < 1.29 is 19.5 Å². The molecule has 0 aromatic heterocycles. The number of urea groups is 1. The number of rotatable bonds is 6. The molecule has 1 fully saturated rings. The highest BCUT2D eigenvalue weighted by Gasteiger charge is 2.25. The number of carboxylic acids is 1. The number of primary amides is 1. The number of carbonyl (C=O) groups excluding carboxylic acids is 2. The number of carboxylic acid groups (broad SMARTS) is 1. The SMILES string of the molecule is CC1CCCCC1NC(=O)NC(CCC(N)=O)C(=O)O. The first kappa shape index (κ1) is 16.3. The quantitative estimate of drug-likeness (QED) is 0.570. The second-order valence-corrected chi connectivity index (χ2v) is 5.38. The van der Waals surface area contributed by atoms with Gasteiger partial charge >= 0.3 is 12.0 Å². The van der Waals surface area contributed by atoms with Gasteiger partial charge in [-0.2, -0.15) is 0 Å². The minimum absolute atomic E-state index is 0.00168. The average molecular weight is 285 g/mol. The van der Waals surface area contributed by atoms with Crippen LogP contribution >= 0.6 is 0 Å². The lowest BCUT2D eigenvalue weighted by molar-refractivity contribution is -0.139. The summed E-state index contributed by atoms with van der Waals surface area (Å²) >= 11 is 0. The number of aliphatic carboxylic acids is 1. The minimum atomic E-state index is -1.17. The van der Waals surface area contributed by atoms with Crippen LogP contribution in [0.25, 0.3) is 0 Å². The molecular weight excluding hydrogens is 262 g/mol. The van der Waals surface area contributed by atoms with Crippen LogP contribution in [-0.2, 0) is 9.59 Å². The van der Waals surface area contributed by atoms with Gasteiger partial charge in [0.2, 0.25) is 5.91 Å². The molecule has 20 heavy (non-hydrogen) atoms. The van der Waals surface area contributed by atoms with Gasteiger partial charge < -0.3 is 21.5 Å². The summed E-state index contributed by atoms with van der Waals surface area (Å²) in [5.74, 6) is -1.36. The zero-order chi connectivity index (χ0) is 15.1. The van der Waals surface area contributed by atoms with Gasteiger partial charge in [-0.3, -0.25) is 4.79 Å². The maximum absolute atomic E-state index is 11.8. The van der Waals surface area contributed by atoms with Crippen molar-refractivity contribution in [3.8, 4) is 0 Å². The molecule has 7 heteroatoms. The molecule has 7 nitrogen and oxygen atoms in total. The Balaban J connectivity index is 2.44. The molecule has 0 aromatic rings. The molecule has 1 saturated carbocycles. The fraction of sp³-hybridized carbons (Fsp3) is 0.769. The Hall–Kier alpha value is -1.79. The van der Waals surface area contributed by atoms with E-state index in [2.05, 4.69) is 17.6 Å². The smallest absolute Gasteiger partial charge is 0.326 e. The molecule has 1 aliphatic rings. The average Bonchev–Trinajstić information content (AvgIpc) is 2.36. The normalized spacial score (nSPS) is 23.6. The van der Waals surface area contributed by atoms with E-state index in [1.54, 1.807) is 0 Å². The Morgan fingerprint density at radius 2 is 1.95 bits per heavy atom. The molecule has 0 saturated heterocycles. The minimum Gasteiger partial charge on any atom is -0.480 e. The fourth-order valence-electron chi connectivity index (χ4n) is 2.44. The molecule has 5 N–H and O–H groups in total. The zero-order valence-electron chi connectivity index (χ0n) is 11.7. The van der Waals surface area contributed by atoms with Gasteiger partial charge in [-0.25, -0.2) is 9.59 Å². The Labute approximate surface area is 118 Å². The van der Waals surface area contributed by atoms with Crippen LogP contribution in [0.15, 0.2) is 0 Å². The van der Waals surface area contributed by atoms with E-state index in [0.717, 1.165) is 25.7 Å². The van der Waals surface area contributed by atoms with Crippen molar-refractivity contribution in [2.75, 3.05) is 0 Å². The van der Waals surface area contributed by atoms with Crippen LogP contribution in [0.4, 0.5) is 4.79 Å². The largest absolute Gasteiger partial charge is 0.480 e. The number of nitrogens with two attached hydrogens (primary N) is 1. The second kappa shape index (κ2) is 7.72. The van der Waals surface area contributed by atoms with Crippen molar-refractivity contribution in [3.63, 3.8) is 0 Å². The van der Waals surface area contributed by atoms with Gasteiger partial charge in [0.1, 0.15) is 6.04 Å². The Morgan fingerprint density at radius 3 is 2.50 bits per heavy atom. The molecule has 3 unspecified atom stereocenters. The molecule has 0 aromatic carbocycles. The third-order valence-electron chi connectivity index (χ3n) is 3.71. The van der Waals surface area contributed by atoms with Gasteiger partial charge in [0, 0.05) is 12.5 Å². The molecule has 0 bridgehead atoms. The number of carbonyl (C=O) groups is 3. The highest BCUT2D eigenvalue weighted by Crippen LogP contribution is 2.23. The van der Waals surface area contributed by atoms with Gasteiger partial charge in [-0.15, -0.1) is 0 Å². The van der Waals surface area contributed by atoms with Crippen LogP contribution in [0.5, 0.6) is 0 Å². The Bertz CT molecular complexity index is 373. The van der Waals surface area contributed by atoms with Crippen LogP contribution in [0.3, 0.4) is 0 Å². The zero-order valence-corrected chi connectivity index (χ0v) is 11.7. The first-order valence-electron chi connectivity index (χ1n) is 6.98. The summed E-state index contributed by atoms with van der Waals surface area (Å²) in [5.41, 5.74) is 4.98. The number of nitrogens with one attached hydrogen (secondary N) is 2. The van der Waals surface area contributed by atoms with Crippen LogP contribution < -0.4 is 16.4 Å². The van der Waals surface area contributed by atoms with Crippen LogP contribution in [0.2, 0.25) is 0 Å². The van der Waals surface area contributed by atoms with Crippen molar-refractivity contribution in [1.82, 2.24) is 10.6 Å². The molecule has 0 aliphatic heterocycles. The molecule has 1 aliphatic carbocycles. The summed E-state index contributed by atoms with van der Waals surface area (Å²) < 4.78 is 0. The van der Waals surface area contributed by atoms with E-state index >= 15 is 0 Å². The lowest BCUT2D eigenvalue weighted by Crippen LogP contribution is -2.51. The third-order valence-corrected chi connectivity index (χ3v) is 3.71. The predicted molar refractivity (Wildman–Crippen MR) is 72.9 cm³/mol. The summed E-state index contributed by atoms with van der Waals surface area (Å²) in [5, 5.41) is 14.2. The standard InChI is InChI=1S/C13H23N3O4/c1-8-4-2-3-5-9(8)15-13(20)16-10(12(18)19)6-7-11(14)17/h8-10H,2-7H2,1H3,(H2,14,17)(H,18,19)(H2,15,16,20). The highest BCUT2D eigenvalue weighted by atomic mass is 16.4. The predicted octanol–water partition coefficient (Wildman–Crippen LogP) is 0.583. The molecule has 1 rings (SSSR count). The van der Waals surface area contributed by atoms with Gasteiger partial charge in [-0.1, -0.05) is 19.8 Å². The lowest BCUT2D eigenvalue weighted by atomic mass is 9.86. The van der Waals surface area contributed by atoms with E-state index < -0.39 is 23.9 Å². The molecule has 3 amide bonds. The summed E-state index contributed by atoms with van der Waals surface area (Å²) in [6.07, 6.45) is 4.13. The van der Waals surface area contributed by atoms with Gasteiger partial charge in [0.25, 0.3) is 0 Å². The maximum atomic E-state index is 11.8. The third kappa shape index (κ3) is 5.46. The van der Waals surface area contributed by atoms with E-state index in [9.17, 15) is 14.4 Å². The summed E-state index contributed by atoms with van der Waals surface area (Å²) in [6.45, 7) is 2.08.